The van der Waals surface area contributed by atoms with Gasteiger partial charge in [0.2, 0.25) is 0 Å². The number of thiazole rings is 1. The Kier molecular flexibility index (Phi) is 3.38. The molecule has 1 fully saturated rings. The number of aryl methyl sites for hydroxylation is 1. The monoisotopic (exact) mass is 226 g/mol. The van der Waals surface area contributed by atoms with Crippen LogP contribution in [0.25, 0.3) is 0 Å². The van der Waals surface area contributed by atoms with Crippen molar-refractivity contribution in [2.45, 2.75) is 31.8 Å². The molecule has 0 aliphatic carbocycles. The van der Waals surface area contributed by atoms with E-state index in [1.807, 2.05) is 7.11 Å². The number of hydrogen-bond donors (Lipinski definition) is 1. The lowest BCUT2D eigenvalue weighted by atomic mass is 9.88. The molecule has 0 radical (unpaired) electrons. The van der Waals surface area contributed by atoms with Gasteiger partial charge in [-0.2, -0.15) is 0 Å². The minimum Gasteiger partial charge on any atom is -0.378 e. The predicted molar refractivity (Wildman–Crippen MR) is 62.4 cm³/mol. The molecule has 15 heavy (non-hydrogen) atoms. The van der Waals surface area contributed by atoms with Crippen molar-refractivity contribution in [1.29, 1.82) is 0 Å². The molecular formula is C11H18N2OS. The highest BCUT2D eigenvalue weighted by molar-refractivity contribution is 7.09. The average molecular weight is 226 g/mol. The lowest BCUT2D eigenvalue weighted by molar-refractivity contribution is -0.0339. The molecule has 0 bridgehead atoms. The van der Waals surface area contributed by atoms with Gasteiger partial charge in [-0.1, -0.05) is 0 Å². The van der Waals surface area contributed by atoms with Crippen LogP contribution in [0.3, 0.4) is 0 Å². The largest absolute Gasteiger partial charge is 0.378 e. The number of methoxy groups -OCH3 is 1. The van der Waals surface area contributed by atoms with Gasteiger partial charge in [-0.3, -0.25) is 0 Å². The normalized spacial score (nSPS) is 20.4. The van der Waals surface area contributed by atoms with Crippen molar-refractivity contribution < 1.29 is 4.74 Å². The summed E-state index contributed by atoms with van der Waals surface area (Å²) in [4.78, 5) is 4.52. The zero-order chi connectivity index (χ0) is 10.7. The van der Waals surface area contributed by atoms with Crippen LogP contribution in [0.1, 0.15) is 23.5 Å². The van der Waals surface area contributed by atoms with E-state index in [1.165, 1.54) is 5.69 Å². The van der Waals surface area contributed by atoms with Crippen LogP contribution in [-0.2, 0) is 11.2 Å². The molecule has 1 aliphatic rings. The van der Waals surface area contributed by atoms with Gasteiger partial charge in [-0.15, -0.1) is 11.3 Å². The Morgan fingerprint density at radius 2 is 2.27 bits per heavy atom. The van der Waals surface area contributed by atoms with Crippen molar-refractivity contribution in [3.05, 3.63) is 16.1 Å². The summed E-state index contributed by atoms with van der Waals surface area (Å²) in [6.07, 6.45) is 3.12. The van der Waals surface area contributed by atoms with Crippen LogP contribution in [0.2, 0.25) is 0 Å². The summed E-state index contributed by atoms with van der Waals surface area (Å²) >= 11 is 1.72. The van der Waals surface area contributed by atoms with Gasteiger partial charge in [0.25, 0.3) is 0 Å². The second kappa shape index (κ2) is 4.60. The third kappa shape index (κ3) is 2.56. The van der Waals surface area contributed by atoms with Crippen molar-refractivity contribution in [2.75, 3.05) is 20.2 Å². The first-order chi connectivity index (χ1) is 7.24. The summed E-state index contributed by atoms with van der Waals surface area (Å²) in [6, 6.07) is 0. The van der Waals surface area contributed by atoms with Crippen molar-refractivity contribution in [3.8, 4) is 0 Å². The molecule has 0 unspecified atom stereocenters. The topological polar surface area (TPSA) is 34.1 Å². The fraction of sp³-hybridized carbons (Fsp3) is 0.727. The van der Waals surface area contributed by atoms with Crippen LogP contribution in [0, 0.1) is 6.92 Å². The van der Waals surface area contributed by atoms with Gasteiger partial charge in [0, 0.05) is 18.9 Å². The van der Waals surface area contributed by atoms with E-state index >= 15 is 0 Å². The molecule has 3 nitrogen and oxygen atoms in total. The first kappa shape index (κ1) is 11.0. The first-order valence-electron chi connectivity index (χ1n) is 5.41. The van der Waals surface area contributed by atoms with E-state index in [9.17, 15) is 0 Å². The molecule has 0 spiro atoms. The number of aromatic nitrogens is 1. The van der Waals surface area contributed by atoms with Crippen LogP contribution < -0.4 is 5.32 Å². The summed E-state index contributed by atoms with van der Waals surface area (Å²) in [7, 11) is 1.82. The summed E-state index contributed by atoms with van der Waals surface area (Å²) < 4.78 is 5.72. The summed E-state index contributed by atoms with van der Waals surface area (Å²) in [5, 5.41) is 6.66. The van der Waals surface area contributed by atoms with Crippen LogP contribution in [0.4, 0.5) is 0 Å². The first-order valence-corrected chi connectivity index (χ1v) is 6.29. The predicted octanol–water partition coefficient (Wildman–Crippen LogP) is 1.76. The molecule has 0 saturated carbocycles. The standard InChI is InChI=1S/C11H18N2OS/c1-9-13-10(8-15-9)7-11(14-2)3-5-12-6-4-11/h8,12H,3-7H2,1-2H3. The molecule has 1 saturated heterocycles. The quantitative estimate of drug-likeness (QED) is 0.853. The Bertz CT molecular complexity index is 318. The lowest BCUT2D eigenvalue weighted by Crippen LogP contribution is -2.45. The Morgan fingerprint density at radius 1 is 1.53 bits per heavy atom. The Labute approximate surface area is 94.9 Å². The van der Waals surface area contributed by atoms with E-state index in [0.29, 0.717) is 0 Å². The molecule has 2 rings (SSSR count). The summed E-state index contributed by atoms with van der Waals surface area (Å²) in [6.45, 7) is 4.16. The minimum absolute atomic E-state index is 0.0196. The molecule has 1 aromatic rings. The van der Waals surface area contributed by atoms with Gasteiger partial charge >= 0.3 is 0 Å². The van der Waals surface area contributed by atoms with Crippen LogP contribution in [-0.4, -0.2) is 30.8 Å². The Balaban J connectivity index is 2.06. The molecule has 84 valence electrons. The minimum atomic E-state index is 0.0196. The molecule has 0 amide bonds. The summed E-state index contributed by atoms with van der Waals surface area (Å²) in [5.74, 6) is 0. The second-order valence-corrected chi connectivity index (χ2v) is 5.23. The van der Waals surface area contributed by atoms with Gasteiger partial charge in [-0.25, -0.2) is 4.98 Å². The van der Waals surface area contributed by atoms with E-state index in [1.54, 1.807) is 11.3 Å². The smallest absolute Gasteiger partial charge is 0.0897 e. The maximum Gasteiger partial charge on any atom is 0.0897 e. The van der Waals surface area contributed by atoms with Gasteiger partial charge in [-0.05, 0) is 32.9 Å². The Morgan fingerprint density at radius 3 is 2.80 bits per heavy atom. The number of rotatable bonds is 3. The second-order valence-electron chi connectivity index (χ2n) is 4.17. The SMILES string of the molecule is COC1(Cc2csc(C)n2)CCNCC1. The molecule has 1 N–H and O–H groups in total. The van der Waals surface area contributed by atoms with Gasteiger partial charge < -0.3 is 10.1 Å². The highest BCUT2D eigenvalue weighted by Crippen LogP contribution is 2.27. The van der Waals surface area contributed by atoms with Crippen LogP contribution in [0.15, 0.2) is 5.38 Å². The van der Waals surface area contributed by atoms with E-state index in [4.69, 9.17) is 4.74 Å². The van der Waals surface area contributed by atoms with Crippen LogP contribution >= 0.6 is 11.3 Å². The number of piperidine rings is 1. The highest BCUT2D eigenvalue weighted by atomic mass is 32.1. The van der Waals surface area contributed by atoms with E-state index in [-0.39, 0.29) is 5.60 Å². The maximum absolute atomic E-state index is 5.72. The number of nitrogens with zero attached hydrogens (tertiary/aromatic N) is 1. The number of nitrogens with one attached hydrogen (secondary N) is 1. The lowest BCUT2D eigenvalue weighted by Gasteiger charge is -2.35. The van der Waals surface area contributed by atoms with E-state index in [0.717, 1.165) is 37.4 Å². The molecular weight excluding hydrogens is 208 g/mol. The summed E-state index contributed by atoms with van der Waals surface area (Å²) in [5.41, 5.74) is 1.20. The van der Waals surface area contributed by atoms with Crippen molar-refractivity contribution >= 4 is 11.3 Å². The fourth-order valence-electron chi connectivity index (χ4n) is 2.15. The highest BCUT2D eigenvalue weighted by Gasteiger charge is 2.32. The molecule has 0 atom stereocenters. The van der Waals surface area contributed by atoms with Crippen molar-refractivity contribution in [3.63, 3.8) is 0 Å². The Hall–Kier alpha value is -0.450. The van der Waals surface area contributed by atoms with E-state index in [2.05, 4.69) is 22.6 Å². The zero-order valence-corrected chi connectivity index (χ0v) is 10.2. The van der Waals surface area contributed by atoms with Crippen LogP contribution in [0.5, 0.6) is 0 Å². The third-order valence-electron chi connectivity index (χ3n) is 3.12. The number of hydrogen-bond acceptors (Lipinski definition) is 4. The third-order valence-corrected chi connectivity index (χ3v) is 3.94. The molecule has 1 aromatic heterocycles. The molecule has 4 heteroatoms. The molecule has 2 heterocycles. The van der Waals surface area contributed by atoms with E-state index < -0.39 is 0 Å². The average Bonchev–Trinajstić information content (AvgIpc) is 2.65. The van der Waals surface area contributed by atoms with Gasteiger partial charge in [0.1, 0.15) is 0 Å². The zero-order valence-electron chi connectivity index (χ0n) is 9.38. The molecule has 0 aromatic carbocycles. The maximum atomic E-state index is 5.72. The van der Waals surface area contributed by atoms with Gasteiger partial charge in [0.05, 0.1) is 16.3 Å². The van der Waals surface area contributed by atoms with Crippen molar-refractivity contribution in [2.24, 2.45) is 0 Å². The van der Waals surface area contributed by atoms with Crippen molar-refractivity contribution in [1.82, 2.24) is 10.3 Å². The van der Waals surface area contributed by atoms with Gasteiger partial charge in [0.15, 0.2) is 0 Å². The molecule has 1 aliphatic heterocycles. The fourth-order valence-corrected chi connectivity index (χ4v) is 2.77. The number of ether oxygens (including phenoxy) is 1.